The van der Waals surface area contributed by atoms with Crippen molar-refractivity contribution in [1.29, 1.82) is 0 Å². The first-order valence-electron chi connectivity index (χ1n) is 7.52. The SMILES string of the molecule is O=C(Nc1cn[nH]c1)[C@@H]1CCCN(c2ncccc2C(F)(F)F)C1. The molecule has 0 saturated carbocycles. The van der Waals surface area contributed by atoms with Crippen molar-refractivity contribution < 1.29 is 18.0 Å². The van der Waals surface area contributed by atoms with Crippen LogP contribution >= 0.6 is 0 Å². The van der Waals surface area contributed by atoms with Gasteiger partial charge in [0, 0.05) is 25.5 Å². The quantitative estimate of drug-likeness (QED) is 0.902. The maximum Gasteiger partial charge on any atom is 0.419 e. The van der Waals surface area contributed by atoms with Gasteiger partial charge in [0.1, 0.15) is 5.82 Å². The summed E-state index contributed by atoms with van der Waals surface area (Å²) in [4.78, 5) is 17.7. The number of rotatable bonds is 3. The first-order valence-corrected chi connectivity index (χ1v) is 7.52. The second-order valence-electron chi connectivity index (χ2n) is 5.63. The van der Waals surface area contributed by atoms with Crippen LogP contribution in [0.2, 0.25) is 0 Å². The van der Waals surface area contributed by atoms with E-state index < -0.39 is 17.7 Å². The molecule has 0 aliphatic carbocycles. The maximum absolute atomic E-state index is 13.2. The number of alkyl halides is 3. The topological polar surface area (TPSA) is 73.9 Å². The molecule has 24 heavy (non-hydrogen) atoms. The van der Waals surface area contributed by atoms with Gasteiger partial charge in [-0.05, 0) is 25.0 Å². The molecule has 3 heterocycles. The lowest BCUT2D eigenvalue weighted by Gasteiger charge is -2.34. The summed E-state index contributed by atoms with van der Waals surface area (Å²) in [5.41, 5.74) is -0.244. The number of H-pyrrole nitrogens is 1. The Morgan fingerprint density at radius 2 is 2.25 bits per heavy atom. The van der Waals surface area contributed by atoms with Gasteiger partial charge in [-0.15, -0.1) is 0 Å². The molecule has 128 valence electrons. The Bertz CT molecular complexity index is 701. The first kappa shape index (κ1) is 16.3. The van der Waals surface area contributed by atoms with Crippen molar-refractivity contribution in [2.45, 2.75) is 19.0 Å². The Kier molecular flexibility index (Phi) is 4.41. The summed E-state index contributed by atoms with van der Waals surface area (Å²) in [5, 5.41) is 9.03. The van der Waals surface area contributed by atoms with Crippen molar-refractivity contribution in [3.8, 4) is 0 Å². The van der Waals surface area contributed by atoms with Crippen LogP contribution in [0.5, 0.6) is 0 Å². The van der Waals surface area contributed by atoms with Gasteiger partial charge in [-0.3, -0.25) is 9.89 Å². The molecule has 2 N–H and O–H groups in total. The van der Waals surface area contributed by atoms with Gasteiger partial charge in [-0.2, -0.15) is 18.3 Å². The fourth-order valence-corrected chi connectivity index (χ4v) is 2.82. The highest BCUT2D eigenvalue weighted by Gasteiger charge is 2.37. The van der Waals surface area contributed by atoms with Crippen molar-refractivity contribution in [1.82, 2.24) is 15.2 Å². The molecular formula is C15H16F3N5O. The molecule has 0 unspecified atom stereocenters. The summed E-state index contributed by atoms with van der Waals surface area (Å²) >= 11 is 0. The molecule has 9 heteroatoms. The number of halogens is 3. The molecular weight excluding hydrogens is 323 g/mol. The van der Waals surface area contributed by atoms with Gasteiger partial charge in [0.25, 0.3) is 0 Å². The maximum atomic E-state index is 13.2. The van der Waals surface area contributed by atoms with E-state index in [1.54, 1.807) is 6.20 Å². The van der Waals surface area contributed by atoms with E-state index >= 15 is 0 Å². The van der Waals surface area contributed by atoms with Crippen LogP contribution in [0.3, 0.4) is 0 Å². The van der Waals surface area contributed by atoms with E-state index in [2.05, 4.69) is 20.5 Å². The number of hydrogen-bond acceptors (Lipinski definition) is 4. The van der Waals surface area contributed by atoms with Gasteiger partial charge in [0.15, 0.2) is 0 Å². The number of aromatic amines is 1. The molecule has 0 radical (unpaired) electrons. The minimum Gasteiger partial charge on any atom is -0.355 e. The number of carbonyl (C=O) groups excluding carboxylic acids is 1. The Hall–Kier alpha value is -2.58. The van der Waals surface area contributed by atoms with Crippen molar-refractivity contribution in [2.24, 2.45) is 5.92 Å². The molecule has 6 nitrogen and oxygen atoms in total. The zero-order valence-electron chi connectivity index (χ0n) is 12.7. The summed E-state index contributed by atoms with van der Waals surface area (Å²) in [6, 6.07) is 2.27. The third-order valence-corrected chi connectivity index (χ3v) is 3.95. The standard InChI is InChI=1S/C15H16F3N5O/c16-15(17,18)12-4-1-5-19-13(12)23-6-2-3-10(9-23)14(24)22-11-7-20-21-8-11/h1,4-5,7-8,10H,2-3,6,9H2,(H,20,21)(H,22,24)/t10-/m1/s1. The zero-order chi connectivity index (χ0) is 17.2. The minimum atomic E-state index is -4.48. The number of carbonyl (C=O) groups is 1. The van der Waals surface area contributed by atoms with Gasteiger partial charge in [-0.25, -0.2) is 4.98 Å². The molecule has 3 rings (SSSR count). The van der Waals surface area contributed by atoms with Crippen LogP contribution < -0.4 is 10.2 Å². The molecule has 0 bridgehead atoms. The number of amides is 1. The summed E-state index contributed by atoms with van der Waals surface area (Å²) in [5.74, 6) is -0.756. The molecule has 0 spiro atoms. The summed E-state index contributed by atoms with van der Waals surface area (Å²) < 4.78 is 39.5. The van der Waals surface area contributed by atoms with Crippen LogP contribution in [0, 0.1) is 5.92 Å². The van der Waals surface area contributed by atoms with E-state index in [0.29, 0.717) is 25.1 Å². The highest BCUT2D eigenvalue weighted by Crippen LogP contribution is 2.36. The fraction of sp³-hybridized carbons (Fsp3) is 0.400. The Balaban J connectivity index is 1.75. The van der Waals surface area contributed by atoms with Crippen LogP contribution in [0.4, 0.5) is 24.7 Å². The van der Waals surface area contributed by atoms with Crippen LogP contribution in [-0.4, -0.2) is 34.2 Å². The molecule has 1 saturated heterocycles. The minimum absolute atomic E-state index is 0.120. The Morgan fingerprint density at radius 1 is 1.42 bits per heavy atom. The van der Waals surface area contributed by atoms with Crippen LogP contribution in [0.1, 0.15) is 18.4 Å². The van der Waals surface area contributed by atoms with E-state index in [4.69, 9.17) is 0 Å². The fourth-order valence-electron chi connectivity index (χ4n) is 2.82. The first-order chi connectivity index (χ1) is 11.4. The largest absolute Gasteiger partial charge is 0.419 e. The highest BCUT2D eigenvalue weighted by atomic mass is 19.4. The molecule has 1 aliphatic heterocycles. The van der Waals surface area contributed by atoms with Crippen molar-refractivity contribution in [2.75, 3.05) is 23.3 Å². The second-order valence-corrected chi connectivity index (χ2v) is 5.63. The van der Waals surface area contributed by atoms with Gasteiger partial charge >= 0.3 is 6.18 Å². The van der Waals surface area contributed by atoms with Crippen molar-refractivity contribution in [3.63, 3.8) is 0 Å². The average molecular weight is 339 g/mol. The number of nitrogens with zero attached hydrogens (tertiary/aromatic N) is 3. The number of aromatic nitrogens is 3. The van der Waals surface area contributed by atoms with Gasteiger partial charge < -0.3 is 10.2 Å². The predicted molar refractivity (Wildman–Crippen MR) is 81.4 cm³/mol. The lowest BCUT2D eigenvalue weighted by Crippen LogP contribution is -2.41. The number of piperidine rings is 1. The number of pyridine rings is 1. The monoisotopic (exact) mass is 339 g/mol. The molecule has 1 amide bonds. The molecule has 2 aromatic heterocycles. The average Bonchev–Trinajstić information content (AvgIpc) is 3.07. The third-order valence-electron chi connectivity index (χ3n) is 3.95. The summed E-state index contributed by atoms with van der Waals surface area (Å²) in [7, 11) is 0. The van der Waals surface area contributed by atoms with E-state index in [1.807, 2.05) is 0 Å². The smallest absolute Gasteiger partial charge is 0.355 e. The van der Waals surface area contributed by atoms with Gasteiger partial charge in [-0.1, -0.05) is 0 Å². The highest BCUT2D eigenvalue weighted by molar-refractivity contribution is 5.92. The number of nitrogens with one attached hydrogen (secondary N) is 2. The van der Waals surface area contributed by atoms with E-state index in [1.165, 1.54) is 23.4 Å². The van der Waals surface area contributed by atoms with Crippen LogP contribution in [-0.2, 0) is 11.0 Å². The van der Waals surface area contributed by atoms with E-state index in [-0.39, 0.29) is 18.3 Å². The third kappa shape index (κ3) is 3.50. The zero-order valence-corrected chi connectivity index (χ0v) is 12.7. The van der Waals surface area contributed by atoms with E-state index in [9.17, 15) is 18.0 Å². The molecule has 1 atom stereocenters. The molecule has 0 aromatic carbocycles. The lowest BCUT2D eigenvalue weighted by atomic mass is 9.96. The summed E-state index contributed by atoms with van der Waals surface area (Å²) in [6.45, 7) is 0.638. The Labute approximate surface area is 136 Å². The van der Waals surface area contributed by atoms with Gasteiger partial charge in [0.05, 0.1) is 23.4 Å². The van der Waals surface area contributed by atoms with Crippen LogP contribution in [0.25, 0.3) is 0 Å². The van der Waals surface area contributed by atoms with Crippen molar-refractivity contribution in [3.05, 3.63) is 36.3 Å². The number of hydrogen-bond donors (Lipinski definition) is 2. The van der Waals surface area contributed by atoms with Gasteiger partial charge in [0.2, 0.25) is 5.91 Å². The second kappa shape index (κ2) is 6.50. The lowest BCUT2D eigenvalue weighted by molar-refractivity contribution is -0.137. The van der Waals surface area contributed by atoms with Crippen LogP contribution in [0.15, 0.2) is 30.7 Å². The number of anilines is 2. The normalized spacial score (nSPS) is 18.5. The summed E-state index contributed by atoms with van der Waals surface area (Å²) in [6.07, 6.45) is 1.11. The molecule has 2 aromatic rings. The predicted octanol–water partition coefficient (Wildman–Crippen LogP) is 2.68. The Morgan fingerprint density at radius 3 is 2.96 bits per heavy atom. The van der Waals surface area contributed by atoms with E-state index in [0.717, 1.165) is 6.07 Å². The molecule has 1 fully saturated rings. The molecule has 1 aliphatic rings. The van der Waals surface area contributed by atoms with Crippen molar-refractivity contribution >= 4 is 17.4 Å².